The summed E-state index contributed by atoms with van der Waals surface area (Å²) in [4.78, 5) is 12.7. The number of allylic oxidation sites excluding steroid dienone is 3. The SMILES string of the molecule is C=CC.C=N/C(CCCCCCOc1ncccc1C)=C(CC)\C(C)=N/CCl.NCc1cccc(C(F)(F)F)c1. The number of nitrogens with two attached hydrogens (primary N) is 1. The van der Waals surface area contributed by atoms with Gasteiger partial charge in [0.25, 0.3) is 0 Å². The van der Waals surface area contributed by atoms with Crippen LogP contribution in [0.2, 0.25) is 0 Å². The molecule has 5 nitrogen and oxygen atoms in total. The summed E-state index contributed by atoms with van der Waals surface area (Å²) in [7, 11) is 0. The predicted octanol–water partition coefficient (Wildman–Crippen LogP) is 9.10. The number of unbranched alkanes of at least 4 members (excludes halogenated alkanes) is 3. The molecular formula is C31H44ClF3N4O. The molecule has 0 fully saturated rings. The van der Waals surface area contributed by atoms with Crippen molar-refractivity contribution in [2.24, 2.45) is 15.7 Å². The molecule has 0 radical (unpaired) electrons. The van der Waals surface area contributed by atoms with Gasteiger partial charge >= 0.3 is 6.18 Å². The van der Waals surface area contributed by atoms with Gasteiger partial charge in [0.05, 0.1) is 12.2 Å². The molecule has 2 N–H and O–H groups in total. The number of hydrogen-bond acceptors (Lipinski definition) is 5. The van der Waals surface area contributed by atoms with Crippen LogP contribution in [0.4, 0.5) is 13.2 Å². The van der Waals surface area contributed by atoms with Crippen molar-refractivity contribution in [3.8, 4) is 5.88 Å². The number of pyridine rings is 1. The van der Waals surface area contributed by atoms with Crippen LogP contribution in [0, 0.1) is 6.92 Å². The molecular weight excluding hydrogens is 537 g/mol. The summed E-state index contributed by atoms with van der Waals surface area (Å²) in [5.41, 5.74) is 9.31. The minimum Gasteiger partial charge on any atom is -0.477 e. The van der Waals surface area contributed by atoms with Gasteiger partial charge in [-0.25, -0.2) is 4.98 Å². The average Bonchev–Trinajstić information content (AvgIpc) is 2.93. The van der Waals surface area contributed by atoms with E-state index >= 15 is 0 Å². The molecule has 0 atom stereocenters. The van der Waals surface area contributed by atoms with E-state index in [4.69, 9.17) is 22.1 Å². The van der Waals surface area contributed by atoms with Gasteiger partial charge in [0.15, 0.2) is 0 Å². The largest absolute Gasteiger partial charge is 0.477 e. The number of alkyl halides is 4. The lowest BCUT2D eigenvalue weighted by Crippen LogP contribution is -2.06. The third-order valence-electron chi connectivity index (χ3n) is 5.62. The first kappa shape index (κ1) is 37.0. The second-order valence-electron chi connectivity index (χ2n) is 8.75. The van der Waals surface area contributed by atoms with E-state index in [2.05, 4.69) is 35.2 Å². The molecule has 0 aliphatic heterocycles. The second-order valence-corrected chi connectivity index (χ2v) is 8.99. The number of nitrogens with zero attached hydrogens (tertiary/aromatic N) is 3. The first-order chi connectivity index (χ1) is 19.1. The van der Waals surface area contributed by atoms with Gasteiger partial charge < -0.3 is 10.5 Å². The number of ether oxygens (including phenoxy) is 1. The summed E-state index contributed by atoms with van der Waals surface area (Å²) in [6.45, 7) is 15.9. The van der Waals surface area contributed by atoms with Crippen LogP contribution in [0.15, 0.2) is 76.5 Å². The van der Waals surface area contributed by atoms with Crippen molar-refractivity contribution in [3.63, 3.8) is 0 Å². The Balaban J connectivity index is 0.000000838. The van der Waals surface area contributed by atoms with E-state index in [1.54, 1.807) is 18.3 Å². The summed E-state index contributed by atoms with van der Waals surface area (Å²) in [5.74, 6) is 0.741. The summed E-state index contributed by atoms with van der Waals surface area (Å²) in [6, 6.07) is 9.22. The number of benzene rings is 1. The molecule has 0 spiro atoms. The van der Waals surface area contributed by atoms with Crippen LogP contribution >= 0.6 is 11.6 Å². The van der Waals surface area contributed by atoms with Crippen molar-refractivity contribution in [1.29, 1.82) is 0 Å². The molecule has 0 bridgehead atoms. The molecule has 0 unspecified atom stereocenters. The smallest absolute Gasteiger partial charge is 0.416 e. The Morgan fingerprint density at radius 1 is 1.15 bits per heavy atom. The second kappa shape index (κ2) is 21.8. The molecule has 0 aliphatic carbocycles. The van der Waals surface area contributed by atoms with Gasteiger partial charge in [-0.1, -0.05) is 50.1 Å². The van der Waals surface area contributed by atoms with Gasteiger partial charge in [-0.2, -0.15) is 13.2 Å². The van der Waals surface area contributed by atoms with Gasteiger partial charge in [0, 0.05) is 29.7 Å². The zero-order valence-electron chi connectivity index (χ0n) is 24.2. The fourth-order valence-electron chi connectivity index (χ4n) is 3.59. The minimum atomic E-state index is -4.27. The van der Waals surface area contributed by atoms with Crippen LogP contribution in [-0.2, 0) is 12.7 Å². The van der Waals surface area contributed by atoms with Crippen molar-refractivity contribution < 1.29 is 17.9 Å². The van der Waals surface area contributed by atoms with E-state index in [0.717, 1.165) is 73.5 Å². The lowest BCUT2D eigenvalue weighted by atomic mass is 10.0. The van der Waals surface area contributed by atoms with E-state index < -0.39 is 11.7 Å². The van der Waals surface area contributed by atoms with Crippen molar-refractivity contribution in [3.05, 3.63) is 83.2 Å². The Kier molecular flexibility index (Phi) is 20.2. The third kappa shape index (κ3) is 15.6. The zero-order chi connectivity index (χ0) is 30.4. The molecule has 0 aliphatic rings. The fraction of sp³-hybridized carbons (Fsp3) is 0.452. The minimum absolute atomic E-state index is 0.129. The predicted molar refractivity (Wildman–Crippen MR) is 163 cm³/mol. The highest BCUT2D eigenvalue weighted by atomic mass is 35.5. The van der Waals surface area contributed by atoms with Crippen LogP contribution in [0.5, 0.6) is 5.88 Å². The highest BCUT2D eigenvalue weighted by Gasteiger charge is 2.30. The molecule has 222 valence electrons. The van der Waals surface area contributed by atoms with Crippen LogP contribution in [0.1, 0.15) is 76.0 Å². The van der Waals surface area contributed by atoms with Gasteiger partial charge in [-0.15, -0.1) is 18.2 Å². The highest BCUT2D eigenvalue weighted by molar-refractivity contribution is 6.18. The van der Waals surface area contributed by atoms with Crippen LogP contribution in [-0.4, -0.2) is 30.0 Å². The molecule has 0 saturated carbocycles. The molecule has 1 heterocycles. The Hall–Kier alpha value is -2.97. The lowest BCUT2D eigenvalue weighted by molar-refractivity contribution is -0.137. The first-order valence-electron chi connectivity index (χ1n) is 13.3. The number of aryl methyl sites for hydroxylation is 1. The fourth-order valence-corrected chi connectivity index (χ4v) is 3.77. The van der Waals surface area contributed by atoms with Crippen molar-refractivity contribution >= 4 is 24.0 Å². The monoisotopic (exact) mass is 580 g/mol. The van der Waals surface area contributed by atoms with E-state index in [9.17, 15) is 13.2 Å². The van der Waals surface area contributed by atoms with Crippen LogP contribution < -0.4 is 10.5 Å². The Morgan fingerprint density at radius 3 is 2.38 bits per heavy atom. The van der Waals surface area contributed by atoms with Gasteiger partial charge in [0.2, 0.25) is 5.88 Å². The van der Waals surface area contributed by atoms with E-state index in [1.165, 1.54) is 11.6 Å². The summed E-state index contributed by atoms with van der Waals surface area (Å²) in [5, 5.41) is 0. The van der Waals surface area contributed by atoms with Crippen LogP contribution in [0.25, 0.3) is 0 Å². The average molecular weight is 581 g/mol. The van der Waals surface area contributed by atoms with Crippen molar-refractivity contribution in [2.45, 2.75) is 78.9 Å². The van der Waals surface area contributed by atoms with E-state index in [0.29, 0.717) is 12.2 Å². The van der Waals surface area contributed by atoms with E-state index in [-0.39, 0.29) is 12.5 Å². The Labute approximate surface area is 243 Å². The molecule has 40 heavy (non-hydrogen) atoms. The van der Waals surface area contributed by atoms with Gasteiger partial charge in [-0.05, 0) is 76.4 Å². The topological polar surface area (TPSA) is 72.9 Å². The third-order valence-corrected chi connectivity index (χ3v) is 5.74. The maximum atomic E-state index is 12.1. The van der Waals surface area contributed by atoms with Crippen LogP contribution in [0.3, 0.4) is 0 Å². The molecule has 2 aromatic rings. The highest BCUT2D eigenvalue weighted by Crippen LogP contribution is 2.29. The molecule has 0 amide bonds. The number of hydrogen-bond donors (Lipinski definition) is 1. The maximum absolute atomic E-state index is 12.1. The van der Waals surface area contributed by atoms with E-state index in [1.807, 2.05) is 32.9 Å². The lowest BCUT2D eigenvalue weighted by Gasteiger charge is -2.10. The summed E-state index contributed by atoms with van der Waals surface area (Å²) < 4.78 is 41.9. The number of aromatic nitrogens is 1. The normalized spacial score (nSPS) is 11.8. The van der Waals surface area contributed by atoms with Gasteiger partial charge in [-0.3, -0.25) is 9.98 Å². The standard InChI is InChI=1S/C20H30ClN3O.C8H8F3N.C3H6/c1-5-18(17(3)24-15-21)19(22-4)12-8-6-7-9-14-25-20-16(2)11-10-13-23-20;9-8(10,11)7-3-1-2-6(4-7)5-12;1-3-2/h10-11,13H,4-9,12,14-15H2,1-3H3;1-4H,5,12H2;3H,1H2,2H3/b19-18-,24-17-;;. The quantitative estimate of drug-likeness (QED) is 0.0844. The number of aliphatic imine (C=N–C) groups is 2. The summed E-state index contributed by atoms with van der Waals surface area (Å²) in [6.07, 6.45) is 5.47. The van der Waals surface area contributed by atoms with Crippen molar-refractivity contribution in [2.75, 3.05) is 12.6 Å². The Bertz CT molecular complexity index is 1070. The summed E-state index contributed by atoms with van der Waals surface area (Å²) >= 11 is 5.70. The van der Waals surface area contributed by atoms with Gasteiger partial charge in [0.1, 0.15) is 6.00 Å². The molecule has 1 aromatic carbocycles. The zero-order valence-corrected chi connectivity index (χ0v) is 25.0. The molecule has 9 heteroatoms. The number of halogens is 4. The number of rotatable bonds is 13. The first-order valence-corrected chi connectivity index (χ1v) is 13.9. The molecule has 1 aromatic heterocycles. The maximum Gasteiger partial charge on any atom is 0.416 e. The Morgan fingerprint density at radius 2 is 1.82 bits per heavy atom. The van der Waals surface area contributed by atoms with Crippen molar-refractivity contribution in [1.82, 2.24) is 4.98 Å². The molecule has 2 rings (SSSR count). The molecule has 0 saturated heterocycles.